The highest BCUT2D eigenvalue weighted by Gasteiger charge is 2.06. The van der Waals surface area contributed by atoms with Crippen LogP contribution in [0.25, 0.3) is 0 Å². The number of methoxy groups -OCH3 is 1. The lowest BCUT2D eigenvalue weighted by Crippen LogP contribution is -2.05. The standard InChI is InChI=1S/C12H13NO2/c1-3-10(9-14)12(15-2)13-11-7-5-4-6-8-11/h4-8H,3H2,1-2H3. The van der Waals surface area contributed by atoms with Crippen LogP contribution in [0.2, 0.25) is 0 Å². The Morgan fingerprint density at radius 2 is 2.07 bits per heavy atom. The second-order valence-electron chi connectivity index (χ2n) is 2.89. The Bertz CT molecular complexity index is 389. The highest BCUT2D eigenvalue weighted by atomic mass is 16.5. The van der Waals surface area contributed by atoms with E-state index in [1.807, 2.05) is 43.2 Å². The van der Waals surface area contributed by atoms with Gasteiger partial charge in [0, 0.05) is 0 Å². The fourth-order valence-corrected chi connectivity index (χ4v) is 1.12. The first-order chi connectivity index (χ1) is 7.31. The lowest BCUT2D eigenvalue weighted by Gasteiger charge is -2.03. The molecular weight excluding hydrogens is 190 g/mol. The van der Waals surface area contributed by atoms with E-state index in [1.165, 1.54) is 7.11 Å². The van der Waals surface area contributed by atoms with Gasteiger partial charge in [-0.25, -0.2) is 9.79 Å². The average Bonchev–Trinajstić information content (AvgIpc) is 2.30. The summed E-state index contributed by atoms with van der Waals surface area (Å²) in [5.41, 5.74) is 1.21. The summed E-state index contributed by atoms with van der Waals surface area (Å²) in [6.07, 6.45) is 0.559. The quantitative estimate of drug-likeness (QED) is 0.430. The van der Waals surface area contributed by atoms with Crippen LogP contribution in [-0.2, 0) is 9.53 Å². The maximum Gasteiger partial charge on any atom is 0.228 e. The van der Waals surface area contributed by atoms with Gasteiger partial charge < -0.3 is 4.74 Å². The summed E-state index contributed by atoms with van der Waals surface area (Å²) in [6, 6.07) is 9.35. The molecule has 0 amide bonds. The van der Waals surface area contributed by atoms with Gasteiger partial charge in [0.1, 0.15) is 5.94 Å². The maximum atomic E-state index is 10.6. The van der Waals surface area contributed by atoms with Crippen molar-refractivity contribution in [3.63, 3.8) is 0 Å². The Balaban J connectivity index is 3.02. The molecule has 1 aromatic rings. The molecule has 0 saturated heterocycles. The van der Waals surface area contributed by atoms with Gasteiger partial charge in [-0.3, -0.25) is 0 Å². The van der Waals surface area contributed by atoms with Crippen LogP contribution in [0.1, 0.15) is 13.3 Å². The molecular formula is C12H13NO2. The summed E-state index contributed by atoms with van der Waals surface area (Å²) in [5.74, 6) is 2.17. The summed E-state index contributed by atoms with van der Waals surface area (Å²) in [5, 5.41) is 0. The zero-order valence-electron chi connectivity index (χ0n) is 8.86. The molecule has 0 unspecified atom stereocenters. The van der Waals surface area contributed by atoms with Crippen molar-refractivity contribution >= 4 is 17.5 Å². The molecule has 3 heteroatoms. The fourth-order valence-electron chi connectivity index (χ4n) is 1.12. The first-order valence-corrected chi connectivity index (χ1v) is 4.74. The van der Waals surface area contributed by atoms with E-state index in [9.17, 15) is 4.79 Å². The van der Waals surface area contributed by atoms with E-state index < -0.39 is 0 Å². The van der Waals surface area contributed by atoms with Gasteiger partial charge in [-0.1, -0.05) is 25.1 Å². The smallest absolute Gasteiger partial charge is 0.228 e. The predicted molar refractivity (Wildman–Crippen MR) is 60.0 cm³/mol. The zero-order valence-corrected chi connectivity index (χ0v) is 8.86. The third-order valence-corrected chi connectivity index (χ3v) is 1.92. The van der Waals surface area contributed by atoms with E-state index >= 15 is 0 Å². The molecule has 0 aliphatic carbocycles. The Morgan fingerprint density at radius 3 is 2.53 bits per heavy atom. The van der Waals surface area contributed by atoms with Gasteiger partial charge in [0.2, 0.25) is 5.90 Å². The molecule has 0 aliphatic rings. The Hall–Kier alpha value is -1.86. The zero-order chi connectivity index (χ0) is 11.1. The maximum absolute atomic E-state index is 10.6. The minimum absolute atomic E-state index is 0.332. The number of hydrogen-bond donors (Lipinski definition) is 0. The lowest BCUT2D eigenvalue weighted by molar-refractivity contribution is 0.402. The lowest BCUT2D eigenvalue weighted by atomic mass is 10.2. The molecule has 3 nitrogen and oxygen atoms in total. The van der Waals surface area contributed by atoms with Gasteiger partial charge in [0.25, 0.3) is 0 Å². The molecule has 0 bridgehead atoms. The molecule has 0 aromatic heterocycles. The van der Waals surface area contributed by atoms with Gasteiger partial charge in [-0.15, -0.1) is 0 Å². The number of ether oxygens (including phenoxy) is 1. The molecule has 1 aromatic carbocycles. The molecule has 0 aliphatic heterocycles. The normalized spacial score (nSPS) is 10.7. The van der Waals surface area contributed by atoms with E-state index in [0.717, 1.165) is 5.69 Å². The first-order valence-electron chi connectivity index (χ1n) is 4.74. The number of benzene rings is 1. The largest absolute Gasteiger partial charge is 0.480 e. The molecule has 15 heavy (non-hydrogen) atoms. The highest BCUT2D eigenvalue weighted by Crippen LogP contribution is 2.13. The van der Waals surface area contributed by atoms with Crippen LogP contribution in [0.3, 0.4) is 0 Å². The first kappa shape index (κ1) is 11.2. The Labute approximate surface area is 89.1 Å². The van der Waals surface area contributed by atoms with E-state index in [4.69, 9.17) is 4.74 Å². The molecule has 0 spiro atoms. The van der Waals surface area contributed by atoms with Gasteiger partial charge in [-0.2, -0.15) is 0 Å². The molecule has 1 rings (SSSR count). The Morgan fingerprint density at radius 1 is 1.40 bits per heavy atom. The molecule has 0 atom stereocenters. The van der Waals surface area contributed by atoms with Gasteiger partial charge in [0.15, 0.2) is 0 Å². The predicted octanol–water partition coefficient (Wildman–Crippen LogP) is 2.53. The van der Waals surface area contributed by atoms with Crippen molar-refractivity contribution in [3.05, 3.63) is 35.9 Å². The van der Waals surface area contributed by atoms with Crippen LogP contribution in [-0.4, -0.2) is 18.9 Å². The van der Waals surface area contributed by atoms with Crippen molar-refractivity contribution in [3.8, 4) is 0 Å². The van der Waals surface area contributed by atoms with E-state index in [-0.39, 0.29) is 0 Å². The fraction of sp³-hybridized carbons (Fsp3) is 0.250. The average molecular weight is 203 g/mol. The number of carbonyl (C=O) groups excluding carboxylic acids is 1. The number of rotatable bonds is 3. The number of aliphatic imine (C=N–C) groups is 1. The van der Waals surface area contributed by atoms with Crippen LogP contribution < -0.4 is 0 Å². The highest BCUT2D eigenvalue weighted by molar-refractivity contribution is 6.01. The van der Waals surface area contributed by atoms with Gasteiger partial charge >= 0.3 is 0 Å². The van der Waals surface area contributed by atoms with Crippen LogP contribution in [0.15, 0.2) is 40.9 Å². The molecule has 0 saturated carbocycles. The molecule has 0 heterocycles. The van der Waals surface area contributed by atoms with Crippen LogP contribution >= 0.6 is 0 Å². The minimum Gasteiger partial charge on any atom is -0.480 e. The van der Waals surface area contributed by atoms with Crippen molar-refractivity contribution in [2.24, 2.45) is 4.99 Å². The number of para-hydroxylation sites is 1. The third kappa shape index (κ3) is 3.08. The van der Waals surface area contributed by atoms with Crippen molar-refractivity contribution in [2.45, 2.75) is 13.3 Å². The Kier molecular flexibility index (Phi) is 4.32. The summed E-state index contributed by atoms with van der Waals surface area (Å²) >= 11 is 0. The van der Waals surface area contributed by atoms with Gasteiger partial charge in [0.05, 0.1) is 18.4 Å². The minimum atomic E-state index is 0.332. The molecule has 0 radical (unpaired) electrons. The van der Waals surface area contributed by atoms with E-state index in [2.05, 4.69) is 4.99 Å². The molecule has 78 valence electrons. The molecule has 0 N–H and O–H groups in total. The van der Waals surface area contributed by atoms with Gasteiger partial charge in [-0.05, 0) is 18.6 Å². The van der Waals surface area contributed by atoms with Crippen molar-refractivity contribution < 1.29 is 9.53 Å². The number of hydrogen-bond acceptors (Lipinski definition) is 3. The van der Waals surface area contributed by atoms with Crippen molar-refractivity contribution in [1.82, 2.24) is 0 Å². The summed E-state index contributed by atoms with van der Waals surface area (Å²) < 4.78 is 5.05. The second kappa shape index (κ2) is 5.78. The van der Waals surface area contributed by atoms with Crippen molar-refractivity contribution in [2.75, 3.05) is 7.11 Å². The van der Waals surface area contributed by atoms with Crippen molar-refractivity contribution in [1.29, 1.82) is 0 Å². The topological polar surface area (TPSA) is 38.7 Å². The summed E-state index contributed by atoms with van der Waals surface area (Å²) in [4.78, 5) is 14.8. The second-order valence-corrected chi connectivity index (χ2v) is 2.89. The van der Waals surface area contributed by atoms with E-state index in [1.54, 1.807) is 0 Å². The van der Waals surface area contributed by atoms with Crippen LogP contribution in [0.5, 0.6) is 0 Å². The number of nitrogens with zero attached hydrogens (tertiary/aromatic N) is 1. The van der Waals surface area contributed by atoms with E-state index in [0.29, 0.717) is 17.9 Å². The summed E-state index contributed by atoms with van der Waals surface area (Å²) in [7, 11) is 1.49. The molecule has 0 fully saturated rings. The van der Waals surface area contributed by atoms with Crippen LogP contribution in [0.4, 0.5) is 5.69 Å². The van der Waals surface area contributed by atoms with Crippen LogP contribution in [0, 0.1) is 0 Å². The third-order valence-electron chi connectivity index (χ3n) is 1.92. The monoisotopic (exact) mass is 203 g/mol. The summed E-state index contributed by atoms with van der Waals surface area (Å²) in [6.45, 7) is 1.86. The SMILES string of the molecule is CCC(=C=O)C(=Nc1ccccc1)OC.